The topological polar surface area (TPSA) is 0 Å². The van der Waals surface area contributed by atoms with Crippen LogP contribution in [0.3, 0.4) is 0 Å². The molecule has 0 spiro atoms. The molecular weight excluding hydrogens is 146 g/mol. The molecule has 0 aromatic heterocycles. The average Bonchev–Trinajstić information content (AvgIpc) is 2.05. The van der Waals surface area contributed by atoms with Crippen molar-refractivity contribution in [1.29, 1.82) is 0 Å². The molecule has 0 aliphatic rings. The number of hydrogen-bond acceptors (Lipinski definition) is 0. The fourth-order valence-corrected chi connectivity index (χ4v) is 0.778. The molecule has 0 aliphatic carbocycles. The molecule has 0 saturated carbocycles. The lowest BCUT2D eigenvalue weighted by Crippen LogP contribution is -1.82. The SMILES string of the molecule is C=Cc1ccc(C(F)F)cc1. The van der Waals surface area contributed by atoms with Crippen molar-refractivity contribution in [3.8, 4) is 0 Å². The lowest BCUT2D eigenvalue weighted by Gasteiger charge is -1.98. The Kier molecular flexibility index (Phi) is 2.36. The molecule has 0 saturated heterocycles. The van der Waals surface area contributed by atoms with Crippen molar-refractivity contribution < 1.29 is 8.78 Å². The fourth-order valence-electron chi connectivity index (χ4n) is 0.778. The molecule has 0 unspecified atom stereocenters. The Morgan fingerprint density at radius 2 is 1.73 bits per heavy atom. The molecule has 0 bridgehead atoms. The molecule has 1 rings (SSSR count). The van der Waals surface area contributed by atoms with Crippen molar-refractivity contribution in [3.63, 3.8) is 0 Å². The normalized spacial score (nSPS) is 10.1. The predicted molar refractivity (Wildman–Crippen MR) is 41.5 cm³/mol. The van der Waals surface area contributed by atoms with Crippen molar-refractivity contribution in [2.24, 2.45) is 0 Å². The minimum Gasteiger partial charge on any atom is -0.205 e. The Bertz CT molecular complexity index is 236. The van der Waals surface area contributed by atoms with Gasteiger partial charge in [0, 0.05) is 5.56 Å². The van der Waals surface area contributed by atoms with Crippen LogP contribution in [0.4, 0.5) is 8.78 Å². The summed E-state index contributed by atoms with van der Waals surface area (Å²) in [5, 5.41) is 0. The van der Waals surface area contributed by atoms with Gasteiger partial charge in [-0.05, 0) is 5.56 Å². The van der Waals surface area contributed by atoms with Gasteiger partial charge in [0.05, 0.1) is 0 Å². The van der Waals surface area contributed by atoms with Crippen LogP contribution in [0.25, 0.3) is 6.08 Å². The van der Waals surface area contributed by atoms with E-state index >= 15 is 0 Å². The van der Waals surface area contributed by atoms with E-state index in [0.29, 0.717) is 0 Å². The van der Waals surface area contributed by atoms with Crippen LogP contribution in [0.2, 0.25) is 0 Å². The van der Waals surface area contributed by atoms with Crippen LogP contribution in [0.5, 0.6) is 0 Å². The van der Waals surface area contributed by atoms with Crippen LogP contribution in [0.15, 0.2) is 30.8 Å². The lowest BCUT2D eigenvalue weighted by molar-refractivity contribution is 0.151. The largest absolute Gasteiger partial charge is 0.263 e. The molecular formula is C9H8F2. The van der Waals surface area contributed by atoms with Gasteiger partial charge in [-0.25, -0.2) is 8.78 Å². The van der Waals surface area contributed by atoms with E-state index in [1.54, 1.807) is 18.2 Å². The third kappa shape index (κ3) is 1.87. The molecule has 0 fully saturated rings. The van der Waals surface area contributed by atoms with E-state index in [1.165, 1.54) is 12.1 Å². The first-order valence-corrected chi connectivity index (χ1v) is 3.24. The van der Waals surface area contributed by atoms with Gasteiger partial charge in [0.2, 0.25) is 0 Å². The summed E-state index contributed by atoms with van der Waals surface area (Å²) in [7, 11) is 0. The van der Waals surface area contributed by atoms with Gasteiger partial charge < -0.3 is 0 Å². The van der Waals surface area contributed by atoms with Crippen LogP contribution < -0.4 is 0 Å². The molecule has 0 amide bonds. The summed E-state index contributed by atoms with van der Waals surface area (Å²) in [4.78, 5) is 0. The minimum absolute atomic E-state index is 0.0515. The molecule has 1 aromatic carbocycles. The first kappa shape index (κ1) is 7.92. The molecule has 0 N–H and O–H groups in total. The second-order valence-corrected chi connectivity index (χ2v) is 2.17. The number of rotatable bonds is 2. The maximum Gasteiger partial charge on any atom is 0.263 e. The Morgan fingerprint density at radius 3 is 2.09 bits per heavy atom. The summed E-state index contributed by atoms with van der Waals surface area (Å²) in [6, 6.07) is 6.05. The van der Waals surface area contributed by atoms with Gasteiger partial charge in [0.1, 0.15) is 0 Å². The van der Waals surface area contributed by atoms with Crippen LogP contribution in [0.1, 0.15) is 17.6 Å². The molecule has 11 heavy (non-hydrogen) atoms. The van der Waals surface area contributed by atoms with E-state index in [1.807, 2.05) is 0 Å². The molecule has 0 heterocycles. The Morgan fingerprint density at radius 1 is 1.18 bits per heavy atom. The number of halogens is 2. The zero-order chi connectivity index (χ0) is 8.27. The monoisotopic (exact) mass is 154 g/mol. The molecule has 58 valence electrons. The summed E-state index contributed by atoms with van der Waals surface area (Å²) in [6.07, 6.45) is -0.760. The highest BCUT2D eigenvalue weighted by Gasteiger charge is 2.04. The highest BCUT2D eigenvalue weighted by atomic mass is 19.3. The summed E-state index contributed by atoms with van der Waals surface area (Å²) < 4.78 is 24.0. The first-order valence-electron chi connectivity index (χ1n) is 3.24. The Labute approximate surface area is 64.2 Å². The van der Waals surface area contributed by atoms with Gasteiger partial charge >= 0.3 is 0 Å². The average molecular weight is 154 g/mol. The van der Waals surface area contributed by atoms with Gasteiger partial charge in [-0.2, -0.15) is 0 Å². The van der Waals surface area contributed by atoms with Crippen molar-refractivity contribution in [3.05, 3.63) is 42.0 Å². The molecule has 0 nitrogen and oxygen atoms in total. The number of benzene rings is 1. The van der Waals surface area contributed by atoms with E-state index in [9.17, 15) is 8.78 Å². The summed E-state index contributed by atoms with van der Waals surface area (Å²) in [5.74, 6) is 0. The van der Waals surface area contributed by atoms with Gasteiger partial charge in [0.25, 0.3) is 6.43 Å². The van der Waals surface area contributed by atoms with Gasteiger partial charge in [-0.3, -0.25) is 0 Å². The van der Waals surface area contributed by atoms with E-state index in [2.05, 4.69) is 6.58 Å². The van der Waals surface area contributed by atoms with Gasteiger partial charge in [-0.15, -0.1) is 0 Å². The number of alkyl halides is 2. The van der Waals surface area contributed by atoms with Crippen LogP contribution >= 0.6 is 0 Å². The molecule has 0 atom stereocenters. The van der Waals surface area contributed by atoms with Gasteiger partial charge in [-0.1, -0.05) is 36.9 Å². The summed E-state index contributed by atoms with van der Waals surface area (Å²) >= 11 is 0. The maximum atomic E-state index is 12.0. The second kappa shape index (κ2) is 3.28. The third-order valence-corrected chi connectivity index (χ3v) is 1.42. The molecule has 0 aliphatic heterocycles. The zero-order valence-corrected chi connectivity index (χ0v) is 5.93. The van der Waals surface area contributed by atoms with Crippen LogP contribution in [-0.2, 0) is 0 Å². The Balaban J connectivity index is 2.91. The van der Waals surface area contributed by atoms with Crippen molar-refractivity contribution in [1.82, 2.24) is 0 Å². The van der Waals surface area contributed by atoms with Crippen molar-refractivity contribution in [2.45, 2.75) is 6.43 Å². The standard InChI is InChI=1S/C9H8F2/c1-2-7-3-5-8(6-4-7)9(10)11/h2-6,9H,1H2. The minimum atomic E-state index is -2.38. The van der Waals surface area contributed by atoms with Crippen molar-refractivity contribution in [2.75, 3.05) is 0 Å². The van der Waals surface area contributed by atoms with E-state index in [0.717, 1.165) is 5.56 Å². The molecule has 2 heteroatoms. The summed E-state index contributed by atoms with van der Waals surface area (Å²) in [6.45, 7) is 3.52. The quantitative estimate of drug-likeness (QED) is 0.613. The number of hydrogen-bond donors (Lipinski definition) is 0. The second-order valence-electron chi connectivity index (χ2n) is 2.17. The van der Waals surface area contributed by atoms with Crippen molar-refractivity contribution >= 4 is 6.08 Å². The van der Waals surface area contributed by atoms with Crippen LogP contribution in [0, 0.1) is 0 Å². The zero-order valence-electron chi connectivity index (χ0n) is 5.93. The van der Waals surface area contributed by atoms with E-state index in [4.69, 9.17) is 0 Å². The highest BCUT2D eigenvalue weighted by Crippen LogP contribution is 2.18. The summed E-state index contributed by atoms with van der Waals surface area (Å²) in [5.41, 5.74) is 0.907. The molecule has 0 radical (unpaired) electrons. The fraction of sp³-hybridized carbons (Fsp3) is 0.111. The predicted octanol–water partition coefficient (Wildman–Crippen LogP) is 3.27. The maximum absolute atomic E-state index is 12.0. The molecule has 1 aromatic rings. The third-order valence-electron chi connectivity index (χ3n) is 1.42. The van der Waals surface area contributed by atoms with Crippen LogP contribution in [-0.4, -0.2) is 0 Å². The van der Waals surface area contributed by atoms with Gasteiger partial charge in [0.15, 0.2) is 0 Å². The smallest absolute Gasteiger partial charge is 0.205 e. The van der Waals surface area contributed by atoms with E-state index < -0.39 is 6.43 Å². The Hall–Kier alpha value is -1.18. The first-order chi connectivity index (χ1) is 5.24. The highest BCUT2D eigenvalue weighted by molar-refractivity contribution is 5.47. The van der Waals surface area contributed by atoms with E-state index in [-0.39, 0.29) is 5.56 Å². The lowest BCUT2D eigenvalue weighted by atomic mass is 10.1.